The van der Waals surface area contributed by atoms with Crippen molar-refractivity contribution < 1.29 is 21.6 Å². The number of likely N-dealkylation sites (tertiary alicyclic amines) is 2. The van der Waals surface area contributed by atoms with Crippen molar-refractivity contribution in [1.29, 1.82) is 5.26 Å². The molecule has 0 atom stereocenters. The normalized spacial score (nSPS) is 19.4. The summed E-state index contributed by atoms with van der Waals surface area (Å²) in [6.07, 6.45) is 0.154. The monoisotopic (exact) mass is 727 g/mol. The van der Waals surface area contributed by atoms with Crippen LogP contribution in [0.1, 0.15) is 60.1 Å². The number of fused-ring (bicyclic) bond motifs is 2. The number of aromatic nitrogens is 3. The molecule has 9 nitrogen and oxygen atoms in total. The van der Waals surface area contributed by atoms with E-state index < -0.39 is 22.4 Å². The molecule has 268 valence electrons. The highest BCUT2D eigenvalue weighted by Gasteiger charge is 2.46. The van der Waals surface area contributed by atoms with Crippen molar-refractivity contribution in [2.75, 3.05) is 57.0 Å². The quantitative estimate of drug-likeness (QED) is 0.204. The zero-order valence-corrected chi connectivity index (χ0v) is 30.5. The van der Waals surface area contributed by atoms with E-state index in [1.807, 2.05) is 13.0 Å². The minimum Gasteiger partial charge on any atom is -0.355 e. The number of nitriles is 1. The molecule has 3 saturated heterocycles. The van der Waals surface area contributed by atoms with Crippen LogP contribution >= 0.6 is 11.3 Å². The Labute approximate surface area is 295 Å². The van der Waals surface area contributed by atoms with Gasteiger partial charge in [0.15, 0.2) is 0 Å². The van der Waals surface area contributed by atoms with Crippen molar-refractivity contribution >= 4 is 48.1 Å². The van der Waals surface area contributed by atoms with Gasteiger partial charge >= 0.3 is 6.18 Å². The molecule has 0 aliphatic carbocycles. The van der Waals surface area contributed by atoms with Crippen LogP contribution in [0, 0.1) is 23.7 Å². The Balaban J connectivity index is 1.02. The summed E-state index contributed by atoms with van der Waals surface area (Å²) in [5.41, 5.74) is 4.21. The maximum Gasteiger partial charge on any atom is 0.393 e. The second kappa shape index (κ2) is 13.4. The van der Waals surface area contributed by atoms with Crippen molar-refractivity contribution in [3.8, 4) is 6.07 Å². The Kier molecular flexibility index (Phi) is 9.41. The highest BCUT2D eigenvalue weighted by molar-refractivity contribution is 7.91. The minimum atomic E-state index is -4.26. The van der Waals surface area contributed by atoms with Crippen LogP contribution in [0.15, 0.2) is 24.3 Å². The fraction of sp³-hybridized carbons (Fsp3) is 0.583. The SMILES string of the molecule is CCc1nc(N2CCCC3(CN(Cc4ccc5c(cc(C#N)n5CCN5CCC(S(C)(=O)=O)CC5)c4C)C3)C2)c2cc(CC(F)(F)F)sc2n1. The van der Waals surface area contributed by atoms with Crippen molar-refractivity contribution in [2.45, 2.75) is 76.9 Å². The van der Waals surface area contributed by atoms with Gasteiger partial charge in [-0.3, -0.25) is 4.90 Å². The van der Waals surface area contributed by atoms with Gasteiger partial charge in [-0.1, -0.05) is 13.0 Å². The highest BCUT2D eigenvalue weighted by atomic mass is 32.2. The average molecular weight is 728 g/mol. The van der Waals surface area contributed by atoms with E-state index in [0.29, 0.717) is 42.2 Å². The van der Waals surface area contributed by atoms with Crippen LogP contribution in [0.4, 0.5) is 19.0 Å². The van der Waals surface area contributed by atoms with E-state index in [2.05, 4.69) is 49.4 Å². The van der Waals surface area contributed by atoms with Crippen LogP contribution in [0.2, 0.25) is 0 Å². The molecule has 14 heteroatoms. The van der Waals surface area contributed by atoms with Crippen LogP contribution in [-0.2, 0) is 35.8 Å². The fourth-order valence-electron chi connectivity index (χ4n) is 8.41. The summed E-state index contributed by atoms with van der Waals surface area (Å²) in [4.78, 5) is 17.4. The number of halogens is 3. The van der Waals surface area contributed by atoms with E-state index in [1.54, 1.807) is 6.07 Å². The van der Waals surface area contributed by atoms with E-state index in [9.17, 15) is 26.9 Å². The lowest BCUT2D eigenvalue weighted by molar-refractivity contribution is -0.126. The number of piperidine rings is 2. The summed E-state index contributed by atoms with van der Waals surface area (Å²) in [6.45, 7) is 11.4. The first-order valence-corrected chi connectivity index (χ1v) is 20.3. The predicted molar refractivity (Wildman–Crippen MR) is 191 cm³/mol. The Morgan fingerprint density at radius 2 is 1.80 bits per heavy atom. The summed E-state index contributed by atoms with van der Waals surface area (Å²) in [5.74, 6) is 1.43. The van der Waals surface area contributed by atoms with Crippen molar-refractivity contribution in [3.63, 3.8) is 0 Å². The van der Waals surface area contributed by atoms with Crippen LogP contribution in [0.5, 0.6) is 0 Å². The van der Waals surface area contributed by atoms with Gasteiger partial charge in [-0.25, -0.2) is 18.4 Å². The van der Waals surface area contributed by atoms with Gasteiger partial charge in [-0.2, -0.15) is 18.4 Å². The maximum atomic E-state index is 13.2. The van der Waals surface area contributed by atoms with Crippen LogP contribution in [-0.4, -0.2) is 96.2 Å². The van der Waals surface area contributed by atoms with Gasteiger partial charge in [0.1, 0.15) is 38.1 Å². The number of thiophene rings is 1. The molecular formula is C36H44F3N7O2S2. The number of benzene rings is 1. The number of alkyl halides is 3. The second-order valence-electron chi connectivity index (χ2n) is 14.7. The smallest absolute Gasteiger partial charge is 0.355 e. The Hall–Kier alpha value is -3.25. The predicted octanol–water partition coefficient (Wildman–Crippen LogP) is 6.10. The standard InChI is InChI=1S/C36H44F3N7O2S2/c1-4-32-41-33(30-17-27(18-36(37,38)39)49-34(30)42-32)45-11-5-10-35(23-45)21-44(22-35)20-25-6-7-31-29(24(25)2)16-26(19-40)46(31)15-14-43-12-8-28(9-13-43)50(3,47)48/h6-7,16-17,28H,4-5,8-15,18,20-23H2,1-3H3. The zero-order chi connectivity index (χ0) is 35.4. The molecule has 3 aromatic heterocycles. The van der Waals surface area contributed by atoms with E-state index >= 15 is 0 Å². The van der Waals surface area contributed by atoms with Crippen molar-refractivity contribution in [1.82, 2.24) is 24.3 Å². The van der Waals surface area contributed by atoms with Gasteiger partial charge < -0.3 is 14.4 Å². The van der Waals surface area contributed by atoms with Gasteiger partial charge in [0, 0.05) is 79.7 Å². The van der Waals surface area contributed by atoms with Crippen molar-refractivity contribution in [2.24, 2.45) is 5.41 Å². The molecule has 4 aromatic rings. The third kappa shape index (κ3) is 7.11. The largest absolute Gasteiger partial charge is 0.393 e. The molecule has 0 bridgehead atoms. The van der Waals surface area contributed by atoms with Gasteiger partial charge in [0.05, 0.1) is 17.1 Å². The molecule has 1 spiro atoms. The molecule has 0 amide bonds. The topological polar surface area (TPSA) is 98.4 Å². The Morgan fingerprint density at radius 3 is 2.48 bits per heavy atom. The van der Waals surface area contributed by atoms with Crippen LogP contribution in [0.3, 0.4) is 0 Å². The molecule has 0 radical (unpaired) electrons. The number of sulfone groups is 1. The van der Waals surface area contributed by atoms with E-state index in [1.165, 1.54) is 17.4 Å². The first kappa shape index (κ1) is 35.2. The summed E-state index contributed by atoms with van der Waals surface area (Å²) >= 11 is 1.12. The average Bonchev–Trinajstić information content (AvgIpc) is 3.63. The Bertz CT molecular complexity index is 2050. The molecule has 50 heavy (non-hydrogen) atoms. The summed E-state index contributed by atoms with van der Waals surface area (Å²) in [7, 11) is -3.01. The third-order valence-corrected chi connectivity index (χ3v) is 13.7. The summed E-state index contributed by atoms with van der Waals surface area (Å²) in [5, 5.41) is 11.6. The first-order chi connectivity index (χ1) is 23.7. The van der Waals surface area contributed by atoms with E-state index in [4.69, 9.17) is 4.98 Å². The van der Waals surface area contributed by atoms with Crippen LogP contribution in [0.25, 0.3) is 21.1 Å². The van der Waals surface area contributed by atoms with Gasteiger partial charge in [-0.05, 0) is 75.0 Å². The first-order valence-electron chi connectivity index (χ1n) is 17.5. The lowest BCUT2D eigenvalue weighted by atomic mass is 9.73. The van der Waals surface area contributed by atoms with Gasteiger partial charge in [0.25, 0.3) is 0 Å². The number of hydrogen-bond donors (Lipinski definition) is 0. The molecule has 0 N–H and O–H groups in total. The molecule has 3 aliphatic rings. The minimum absolute atomic E-state index is 0.109. The van der Waals surface area contributed by atoms with Gasteiger partial charge in [-0.15, -0.1) is 11.3 Å². The third-order valence-electron chi connectivity index (χ3n) is 11.0. The molecule has 3 fully saturated rings. The number of anilines is 1. The van der Waals surface area contributed by atoms with E-state index in [0.717, 1.165) is 98.6 Å². The number of rotatable bonds is 9. The van der Waals surface area contributed by atoms with E-state index in [-0.39, 0.29) is 15.5 Å². The maximum absolute atomic E-state index is 13.2. The summed E-state index contributed by atoms with van der Waals surface area (Å²) in [6, 6.07) is 10.3. The summed E-state index contributed by atoms with van der Waals surface area (Å²) < 4.78 is 65.7. The molecule has 1 aromatic carbocycles. The van der Waals surface area contributed by atoms with Crippen LogP contribution < -0.4 is 4.90 Å². The number of hydrogen-bond acceptors (Lipinski definition) is 9. The lowest BCUT2D eigenvalue weighted by Crippen LogP contribution is -2.62. The molecule has 0 saturated carbocycles. The molecule has 6 heterocycles. The molecule has 7 rings (SSSR count). The fourth-order valence-corrected chi connectivity index (χ4v) is 10.6. The van der Waals surface area contributed by atoms with Gasteiger partial charge in [0.2, 0.25) is 0 Å². The highest BCUT2D eigenvalue weighted by Crippen LogP contribution is 2.43. The lowest BCUT2D eigenvalue weighted by Gasteiger charge is -2.55. The molecular weight excluding hydrogens is 684 g/mol. The molecule has 0 unspecified atom stereocenters. The molecule has 3 aliphatic heterocycles. The zero-order valence-electron chi connectivity index (χ0n) is 28.9. The number of nitrogens with zero attached hydrogens (tertiary/aromatic N) is 7. The van der Waals surface area contributed by atoms with Crippen molar-refractivity contribution in [3.05, 3.63) is 51.8 Å². The number of aryl methyl sites for hydroxylation is 2. The second-order valence-corrected chi connectivity index (χ2v) is 18.1. The Morgan fingerprint density at radius 1 is 1.04 bits per heavy atom.